The molecule has 1 amide bonds. The third kappa shape index (κ3) is 5.18. The van der Waals surface area contributed by atoms with Crippen molar-refractivity contribution in [2.24, 2.45) is 5.10 Å². The zero-order valence-corrected chi connectivity index (χ0v) is 14.7. The number of benzene rings is 1. The van der Waals surface area contributed by atoms with E-state index in [-0.39, 0.29) is 11.7 Å². The molecule has 0 bridgehead atoms. The van der Waals surface area contributed by atoms with E-state index in [9.17, 15) is 14.9 Å². The smallest absolute Gasteiger partial charge is 0.410 e. The van der Waals surface area contributed by atoms with Crippen LogP contribution in [0.1, 0.15) is 4.88 Å². The van der Waals surface area contributed by atoms with Crippen LogP contribution in [0.15, 0.2) is 41.6 Å². The van der Waals surface area contributed by atoms with Crippen LogP contribution in [-0.2, 0) is 6.54 Å². The standard InChI is InChI=1S/C13H11ClN4O4S2/c1-23-12(16-18(20)21)17(8-10-7-15-11(14)24-10)13(19)22-9-5-3-2-4-6-9/h2-7H,8H2,1H3. The molecule has 0 aliphatic heterocycles. The van der Waals surface area contributed by atoms with E-state index in [1.807, 2.05) is 0 Å². The maximum absolute atomic E-state index is 12.4. The average molecular weight is 387 g/mol. The van der Waals surface area contributed by atoms with E-state index in [4.69, 9.17) is 16.3 Å². The normalized spacial score (nSPS) is 11.2. The van der Waals surface area contributed by atoms with Crippen LogP contribution in [0.25, 0.3) is 0 Å². The van der Waals surface area contributed by atoms with Crippen LogP contribution >= 0.6 is 34.7 Å². The first-order valence-electron chi connectivity index (χ1n) is 6.41. The molecule has 1 aromatic heterocycles. The fraction of sp³-hybridized carbons (Fsp3) is 0.154. The number of ether oxygens (including phenoxy) is 1. The van der Waals surface area contributed by atoms with Crippen LogP contribution in [0.5, 0.6) is 5.75 Å². The summed E-state index contributed by atoms with van der Waals surface area (Å²) in [6.45, 7) is 0.00354. The summed E-state index contributed by atoms with van der Waals surface area (Å²) in [7, 11) is 0. The number of amidine groups is 1. The highest BCUT2D eigenvalue weighted by molar-refractivity contribution is 8.13. The Hall–Kier alpha value is -2.17. The van der Waals surface area contributed by atoms with Crippen molar-refractivity contribution in [1.82, 2.24) is 9.88 Å². The summed E-state index contributed by atoms with van der Waals surface area (Å²) in [6.07, 6.45) is 2.27. The Balaban J connectivity index is 2.26. The molecule has 2 rings (SSSR count). The van der Waals surface area contributed by atoms with Crippen molar-refractivity contribution < 1.29 is 14.6 Å². The van der Waals surface area contributed by atoms with E-state index in [2.05, 4.69) is 10.1 Å². The molecular formula is C13H11ClN4O4S2. The number of rotatable bonds is 4. The second kappa shape index (κ2) is 8.62. The summed E-state index contributed by atoms with van der Waals surface area (Å²) in [4.78, 5) is 28.7. The van der Waals surface area contributed by atoms with Gasteiger partial charge >= 0.3 is 6.09 Å². The molecule has 24 heavy (non-hydrogen) atoms. The van der Waals surface area contributed by atoms with Gasteiger partial charge in [0.2, 0.25) is 5.17 Å². The van der Waals surface area contributed by atoms with Crippen molar-refractivity contribution in [2.75, 3.05) is 6.26 Å². The van der Waals surface area contributed by atoms with Crippen molar-refractivity contribution in [2.45, 2.75) is 6.54 Å². The summed E-state index contributed by atoms with van der Waals surface area (Å²) < 4.78 is 5.55. The molecule has 0 radical (unpaired) electrons. The lowest BCUT2D eigenvalue weighted by Gasteiger charge is -2.19. The number of carbonyl (C=O) groups excluding carboxylic acids is 1. The Morgan fingerprint density at radius 2 is 2.21 bits per heavy atom. The molecule has 0 saturated carbocycles. The van der Waals surface area contributed by atoms with Crippen molar-refractivity contribution in [3.05, 3.63) is 56.0 Å². The van der Waals surface area contributed by atoms with E-state index in [1.165, 1.54) is 6.20 Å². The van der Waals surface area contributed by atoms with Gasteiger partial charge in [-0.05, 0) is 18.4 Å². The number of thioether (sulfide) groups is 1. The van der Waals surface area contributed by atoms with Gasteiger partial charge in [0.15, 0.2) is 9.50 Å². The summed E-state index contributed by atoms with van der Waals surface area (Å²) in [5.74, 6) is 0.316. The number of aromatic nitrogens is 1. The molecule has 1 heterocycles. The highest BCUT2D eigenvalue weighted by Gasteiger charge is 2.25. The number of nitrogens with zero attached hydrogens (tertiary/aromatic N) is 4. The number of amides is 1. The SMILES string of the molecule is CSC(=N[N+](=O)[O-])N(Cc1cnc(Cl)s1)C(=O)Oc1ccccc1. The summed E-state index contributed by atoms with van der Waals surface area (Å²) in [5, 5.41) is 13.0. The van der Waals surface area contributed by atoms with Crippen LogP contribution in [0, 0.1) is 10.1 Å². The number of carbonyl (C=O) groups is 1. The minimum absolute atomic E-state index is 0.00354. The van der Waals surface area contributed by atoms with Crippen LogP contribution in [0.3, 0.4) is 0 Å². The topological polar surface area (TPSA) is 97.9 Å². The van der Waals surface area contributed by atoms with Crippen molar-refractivity contribution >= 4 is 46.0 Å². The van der Waals surface area contributed by atoms with Crippen LogP contribution in [0.4, 0.5) is 4.79 Å². The van der Waals surface area contributed by atoms with Crippen LogP contribution in [0.2, 0.25) is 4.47 Å². The number of hydrazone groups is 1. The van der Waals surface area contributed by atoms with Gasteiger partial charge in [-0.15, -0.1) is 11.3 Å². The Morgan fingerprint density at radius 1 is 1.50 bits per heavy atom. The third-order valence-electron chi connectivity index (χ3n) is 2.59. The molecule has 126 valence electrons. The Kier molecular flexibility index (Phi) is 6.53. The molecule has 11 heteroatoms. The highest BCUT2D eigenvalue weighted by atomic mass is 35.5. The lowest BCUT2D eigenvalue weighted by atomic mass is 10.3. The second-order valence-corrected chi connectivity index (χ2v) is 6.64. The average Bonchev–Trinajstić information content (AvgIpc) is 2.96. The van der Waals surface area contributed by atoms with Crippen molar-refractivity contribution in [3.8, 4) is 5.75 Å². The molecule has 0 aliphatic carbocycles. The van der Waals surface area contributed by atoms with Gasteiger partial charge in [-0.1, -0.05) is 41.6 Å². The van der Waals surface area contributed by atoms with E-state index in [1.54, 1.807) is 36.6 Å². The van der Waals surface area contributed by atoms with E-state index >= 15 is 0 Å². The third-order valence-corrected chi connectivity index (χ3v) is 4.36. The van der Waals surface area contributed by atoms with Crippen molar-refractivity contribution in [1.29, 1.82) is 0 Å². The zero-order chi connectivity index (χ0) is 17.5. The summed E-state index contributed by atoms with van der Waals surface area (Å²) in [5.41, 5.74) is 0. The minimum Gasteiger partial charge on any atom is -0.410 e. The number of hydrogen-bond acceptors (Lipinski definition) is 7. The molecule has 2 aromatic rings. The minimum atomic E-state index is -0.867. The first kappa shape index (κ1) is 18.2. The Labute approximate surface area is 150 Å². The maximum Gasteiger partial charge on any atom is 0.421 e. The van der Waals surface area contributed by atoms with E-state index in [0.29, 0.717) is 15.1 Å². The van der Waals surface area contributed by atoms with Gasteiger partial charge in [0, 0.05) is 11.1 Å². The molecule has 0 aliphatic rings. The largest absolute Gasteiger partial charge is 0.421 e. The van der Waals surface area contributed by atoms with Crippen LogP contribution < -0.4 is 4.74 Å². The lowest BCUT2D eigenvalue weighted by Crippen LogP contribution is -2.37. The Bertz CT molecular complexity index is 753. The van der Waals surface area contributed by atoms with Crippen molar-refractivity contribution in [3.63, 3.8) is 0 Å². The summed E-state index contributed by atoms with van der Waals surface area (Å²) in [6, 6.07) is 8.38. The first-order chi connectivity index (χ1) is 11.5. The van der Waals surface area contributed by atoms with Gasteiger partial charge in [-0.2, -0.15) is 0 Å². The number of halogens is 1. The fourth-order valence-corrected chi connectivity index (χ4v) is 3.12. The van der Waals surface area contributed by atoms with Crippen LogP contribution in [-0.4, -0.2) is 32.4 Å². The lowest BCUT2D eigenvalue weighted by molar-refractivity contribution is -0.485. The van der Waals surface area contributed by atoms with Gasteiger partial charge in [-0.25, -0.2) is 24.8 Å². The van der Waals surface area contributed by atoms with E-state index in [0.717, 1.165) is 28.0 Å². The van der Waals surface area contributed by atoms with Gasteiger partial charge in [0.1, 0.15) is 5.75 Å². The zero-order valence-electron chi connectivity index (χ0n) is 12.3. The molecule has 0 saturated heterocycles. The first-order valence-corrected chi connectivity index (χ1v) is 8.83. The molecule has 1 aromatic carbocycles. The second-order valence-electron chi connectivity index (χ2n) is 4.17. The maximum atomic E-state index is 12.4. The van der Waals surface area contributed by atoms with Gasteiger partial charge in [0.25, 0.3) is 0 Å². The predicted octanol–water partition coefficient (Wildman–Crippen LogP) is 3.71. The number of thiazole rings is 1. The van der Waals surface area contributed by atoms with Gasteiger partial charge in [0.05, 0.1) is 11.6 Å². The quantitative estimate of drug-likeness (QED) is 0.344. The number of para-hydroxylation sites is 1. The molecule has 8 nitrogen and oxygen atoms in total. The molecule has 0 fully saturated rings. The monoisotopic (exact) mass is 386 g/mol. The molecule has 0 N–H and O–H groups in total. The fourth-order valence-electron chi connectivity index (χ4n) is 1.64. The molecule has 0 atom stereocenters. The van der Waals surface area contributed by atoms with Gasteiger partial charge < -0.3 is 4.74 Å². The molecule has 0 spiro atoms. The highest BCUT2D eigenvalue weighted by Crippen LogP contribution is 2.22. The van der Waals surface area contributed by atoms with E-state index < -0.39 is 11.1 Å². The Morgan fingerprint density at radius 3 is 2.75 bits per heavy atom. The number of hydrogen-bond donors (Lipinski definition) is 0. The predicted molar refractivity (Wildman–Crippen MR) is 93.1 cm³/mol. The van der Waals surface area contributed by atoms with Gasteiger partial charge in [-0.3, -0.25) is 0 Å². The number of nitro groups is 1. The summed E-state index contributed by atoms with van der Waals surface area (Å²) >= 11 is 7.89. The molecular weight excluding hydrogens is 376 g/mol. The molecule has 0 unspecified atom stereocenters.